The van der Waals surface area contributed by atoms with E-state index < -0.39 is 11.4 Å². The molecule has 30 heavy (non-hydrogen) atoms. The molecular formula is C21H27N5O4. The summed E-state index contributed by atoms with van der Waals surface area (Å²) in [6, 6.07) is 3.65. The lowest BCUT2D eigenvalue weighted by molar-refractivity contribution is -0.148. The number of piperidine rings is 1. The summed E-state index contributed by atoms with van der Waals surface area (Å²) in [5.74, 6) is 0.713. The summed E-state index contributed by atoms with van der Waals surface area (Å²) in [5.41, 5.74) is 2.05. The molecule has 0 unspecified atom stereocenters. The van der Waals surface area contributed by atoms with Crippen LogP contribution in [0.1, 0.15) is 36.7 Å². The normalized spacial score (nSPS) is 21.4. The maximum Gasteiger partial charge on any atom is 0.311 e. The first-order valence-electron chi connectivity index (χ1n) is 10.1. The third-order valence-corrected chi connectivity index (χ3v) is 6.24. The molecule has 1 N–H and O–H groups in total. The van der Waals surface area contributed by atoms with Gasteiger partial charge < -0.3 is 14.7 Å². The zero-order valence-electron chi connectivity index (χ0n) is 17.8. The van der Waals surface area contributed by atoms with Gasteiger partial charge in [0.25, 0.3) is 5.91 Å². The van der Waals surface area contributed by atoms with Crippen molar-refractivity contribution < 1.29 is 19.4 Å². The first-order chi connectivity index (χ1) is 14.2. The molecule has 0 spiro atoms. The standard InChI is InChI=1S/C21H27N5O4/c1-13-15(14(2)24(4)23-13)10-26-18(27)11-30-16-6-7-17(22-19(16)26)25-9-5-8-21(3,12-25)20(28)29/h6-7H,5,8-12H2,1-4H3,(H,28,29)/t21-/m0/s1. The molecule has 9 nitrogen and oxygen atoms in total. The fourth-order valence-corrected chi connectivity index (χ4v) is 4.22. The van der Waals surface area contributed by atoms with Crippen molar-refractivity contribution in [3.05, 3.63) is 29.1 Å². The second kappa shape index (κ2) is 7.30. The summed E-state index contributed by atoms with van der Waals surface area (Å²) in [5, 5.41) is 14.1. The summed E-state index contributed by atoms with van der Waals surface area (Å²) in [7, 11) is 1.88. The third kappa shape index (κ3) is 3.38. The number of hydrogen-bond donors (Lipinski definition) is 1. The maximum absolute atomic E-state index is 12.7. The summed E-state index contributed by atoms with van der Waals surface area (Å²) < 4.78 is 7.41. The Morgan fingerprint density at radius 2 is 2.10 bits per heavy atom. The number of pyridine rings is 1. The van der Waals surface area contributed by atoms with Gasteiger partial charge in [0.1, 0.15) is 5.82 Å². The number of amides is 1. The fourth-order valence-electron chi connectivity index (χ4n) is 4.22. The van der Waals surface area contributed by atoms with Crippen molar-refractivity contribution in [3.63, 3.8) is 0 Å². The molecular weight excluding hydrogens is 386 g/mol. The van der Waals surface area contributed by atoms with E-state index in [1.165, 1.54) is 0 Å². The van der Waals surface area contributed by atoms with Gasteiger partial charge in [0.05, 0.1) is 17.7 Å². The summed E-state index contributed by atoms with van der Waals surface area (Å²) in [6.45, 7) is 7.11. The Kier molecular flexibility index (Phi) is 4.91. The molecule has 0 aliphatic carbocycles. The quantitative estimate of drug-likeness (QED) is 0.819. The van der Waals surface area contributed by atoms with Crippen molar-refractivity contribution in [2.75, 3.05) is 29.5 Å². The van der Waals surface area contributed by atoms with Crippen LogP contribution in [-0.4, -0.2) is 51.4 Å². The third-order valence-electron chi connectivity index (χ3n) is 6.24. The van der Waals surface area contributed by atoms with Crippen LogP contribution in [0.4, 0.5) is 11.6 Å². The molecule has 0 saturated carbocycles. The average Bonchev–Trinajstić information content (AvgIpc) is 2.95. The number of ether oxygens (including phenoxy) is 1. The van der Waals surface area contributed by atoms with E-state index in [1.807, 2.05) is 37.9 Å². The lowest BCUT2D eigenvalue weighted by Gasteiger charge is -2.38. The van der Waals surface area contributed by atoms with Crippen LogP contribution in [0.2, 0.25) is 0 Å². The Morgan fingerprint density at radius 1 is 1.33 bits per heavy atom. The lowest BCUT2D eigenvalue weighted by atomic mass is 9.82. The molecule has 4 heterocycles. The van der Waals surface area contributed by atoms with E-state index in [-0.39, 0.29) is 12.5 Å². The number of aryl methyl sites for hydroxylation is 2. The van der Waals surface area contributed by atoms with Crippen molar-refractivity contribution >= 4 is 23.5 Å². The highest BCUT2D eigenvalue weighted by atomic mass is 16.5. The number of carbonyl (C=O) groups excluding carboxylic acids is 1. The molecule has 1 fully saturated rings. The SMILES string of the molecule is Cc1nn(C)c(C)c1CN1C(=O)COc2ccc(N3CCC[C@](C)(C(=O)O)C3)nc21. The highest BCUT2D eigenvalue weighted by Gasteiger charge is 2.39. The second-order valence-corrected chi connectivity index (χ2v) is 8.42. The lowest BCUT2D eigenvalue weighted by Crippen LogP contribution is -2.46. The minimum Gasteiger partial charge on any atom is -0.481 e. The van der Waals surface area contributed by atoms with Gasteiger partial charge in [0, 0.05) is 31.4 Å². The molecule has 2 aliphatic heterocycles. The van der Waals surface area contributed by atoms with Gasteiger partial charge in [-0.05, 0) is 45.7 Å². The Bertz CT molecular complexity index is 1020. The molecule has 160 valence electrons. The van der Waals surface area contributed by atoms with E-state index in [0.29, 0.717) is 36.9 Å². The van der Waals surface area contributed by atoms with E-state index in [4.69, 9.17) is 9.72 Å². The van der Waals surface area contributed by atoms with Crippen molar-refractivity contribution in [2.24, 2.45) is 12.5 Å². The highest BCUT2D eigenvalue weighted by Crippen LogP contribution is 2.37. The van der Waals surface area contributed by atoms with Gasteiger partial charge in [0.15, 0.2) is 18.2 Å². The van der Waals surface area contributed by atoms with Crippen LogP contribution in [0.15, 0.2) is 12.1 Å². The van der Waals surface area contributed by atoms with Crippen molar-refractivity contribution in [3.8, 4) is 5.75 Å². The van der Waals surface area contributed by atoms with Crippen LogP contribution in [0.25, 0.3) is 0 Å². The van der Waals surface area contributed by atoms with E-state index in [0.717, 1.165) is 29.9 Å². The van der Waals surface area contributed by atoms with Gasteiger partial charge in [0.2, 0.25) is 0 Å². The molecule has 0 aromatic carbocycles. The summed E-state index contributed by atoms with van der Waals surface area (Å²) in [6.07, 6.45) is 1.41. The first kappa shape index (κ1) is 20.2. The molecule has 9 heteroatoms. The van der Waals surface area contributed by atoms with E-state index in [9.17, 15) is 14.7 Å². The van der Waals surface area contributed by atoms with Crippen LogP contribution in [0.3, 0.4) is 0 Å². The zero-order chi connectivity index (χ0) is 21.6. The van der Waals surface area contributed by atoms with E-state index in [2.05, 4.69) is 5.10 Å². The van der Waals surface area contributed by atoms with Crippen molar-refractivity contribution in [1.29, 1.82) is 0 Å². The van der Waals surface area contributed by atoms with Gasteiger partial charge >= 0.3 is 5.97 Å². The average molecular weight is 413 g/mol. The Balaban J connectivity index is 1.67. The molecule has 2 aromatic rings. The molecule has 1 amide bonds. The monoisotopic (exact) mass is 413 g/mol. The molecule has 1 atom stereocenters. The van der Waals surface area contributed by atoms with Crippen LogP contribution in [-0.2, 0) is 23.2 Å². The maximum atomic E-state index is 12.7. The number of carboxylic acids is 1. The smallest absolute Gasteiger partial charge is 0.311 e. The van der Waals surface area contributed by atoms with Gasteiger partial charge in [-0.15, -0.1) is 0 Å². The van der Waals surface area contributed by atoms with Crippen molar-refractivity contribution in [2.45, 2.75) is 40.2 Å². The molecule has 1 saturated heterocycles. The van der Waals surface area contributed by atoms with E-state index >= 15 is 0 Å². The number of aliphatic carboxylic acids is 1. The highest BCUT2D eigenvalue weighted by molar-refractivity contribution is 5.96. The van der Waals surface area contributed by atoms with Crippen LogP contribution in [0, 0.1) is 19.3 Å². The first-order valence-corrected chi connectivity index (χ1v) is 10.1. The van der Waals surface area contributed by atoms with Gasteiger partial charge in [-0.1, -0.05) is 0 Å². The predicted molar refractivity (Wildman–Crippen MR) is 111 cm³/mol. The number of fused-ring (bicyclic) bond motifs is 1. The molecule has 0 radical (unpaired) electrons. The molecule has 2 aromatic heterocycles. The minimum atomic E-state index is -0.814. The number of aromatic nitrogens is 3. The number of hydrogen-bond acceptors (Lipinski definition) is 6. The Labute approximate surface area is 175 Å². The fraction of sp³-hybridized carbons (Fsp3) is 0.524. The number of carbonyl (C=O) groups is 2. The topological polar surface area (TPSA) is 101 Å². The number of rotatable bonds is 4. The van der Waals surface area contributed by atoms with Gasteiger partial charge in [-0.25, -0.2) is 4.98 Å². The zero-order valence-corrected chi connectivity index (χ0v) is 17.8. The van der Waals surface area contributed by atoms with Gasteiger partial charge in [-0.3, -0.25) is 19.2 Å². The molecule has 0 bridgehead atoms. The second-order valence-electron chi connectivity index (χ2n) is 8.42. The van der Waals surface area contributed by atoms with Gasteiger partial charge in [-0.2, -0.15) is 5.10 Å². The van der Waals surface area contributed by atoms with Crippen molar-refractivity contribution in [1.82, 2.24) is 14.8 Å². The van der Waals surface area contributed by atoms with E-state index in [1.54, 1.807) is 16.5 Å². The summed E-state index contributed by atoms with van der Waals surface area (Å²) >= 11 is 0. The summed E-state index contributed by atoms with van der Waals surface area (Å²) in [4.78, 5) is 32.8. The van der Waals surface area contributed by atoms with Crippen LogP contribution in [0.5, 0.6) is 5.75 Å². The Hall–Kier alpha value is -3.10. The Morgan fingerprint density at radius 3 is 2.77 bits per heavy atom. The molecule has 4 rings (SSSR count). The number of anilines is 2. The van der Waals surface area contributed by atoms with Crippen LogP contribution < -0.4 is 14.5 Å². The van der Waals surface area contributed by atoms with Crippen LogP contribution >= 0.6 is 0 Å². The number of nitrogens with zero attached hydrogens (tertiary/aromatic N) is 5. The number of carboxylic acid groups (broad SMARTS) is 1. The molecule has 2 aliphatic rings. The largest absolute Gasteiger partial charge is 0.481 e. The predicted octanol–water partition coefficient (Wildman–Crippen LogP) is 2.05. The minimum absolute atomic E-state index is 0.0345.